The first-order valence-corrected chi connectivity index (χ1v) is 22.2. The van der Waals surface area contributed by atoms with Crippen molar-refractivity contribution in [2.75, 3.05) is 56.2 Å². The molecule has 7 rings (SSSR count). The Morgan fingerprint density at radius 2 is 1.72 bits per heavy atom. The van der Waals surface area contributed by atoms with Gasteiger partial charge in [0, 0.05) is 44.0 Å². The van der Waals surface area contributed by atoms with E-state index in [0.717, 1.165) is 89.1 Å². The number of piperidine rings is 1. The third-order valence-corrected chi connectivity index (χ3v) is 12.7. The molecule has 11 nitrogen and oxygen atoms in total. The molecule has 1 amide bonds. The number of ether oxygens (including phenoxy) is 3. The van der Waals surface area contributed by atoms with Crippen LogP contribution in [0.2, 0.25) is 0 Å². The molecule has 5 aromatic rings. The Labute approximate surface area is 358 Å². The lowest BCUT2D eigenvalue weighted by Gasteiger charge is -2.34. The number of pyridine rings is 1. The normalized spacial score (nSPS) is 15.1. The van der Waals surface area contributed by atoms with E-state index in [9.17, 15) is 14.7 Å². The van der Waals surface area contributed by atoms with Gasteiger partial charge in [-0.15, -0.1) is 0 Å². The van der Waals surface area contributed by atoms with Gasteiger partial charge in [-0.05, 0) is 135 Å². The summed E-state index contributed by atoms with van der Waals surface area (Å²) in [6, 6.07) is 21.6. The Morgan fingerprint density at radius 3 is 2.43 bits per heavy atom. The summed E-state index contributed by atoms with van der Waals surface area (Å²) in [7, 11) is 0. The maximum absolute atomic E-state index is 13.8. The molecule has 0 bridgehead atoms. The molecule has 1 fully saturated rings. The highest BCUT2D eigenvalue weighted by Gasteiger charge is 2.31. The topological polar surface area (TPSA) is 126 Å². The number of amides is 1. The predicted molar refractivity (Wildman–Crippen MR) is 240 cm³/mol. The number of benzene rings is 3. The lowest BCUT2D eigenvalue weighted by molar-refractivity contribution is -0.149. The summed E-state index contributed by atoms with van der Waals surface area (Å²) in [5.41, 5.74) is 6.19. The fourth-order valence-electron chi connectivity index (χ4n) is 8.58. The smallest absolute Gasteiger partial charge is 0.355 e. The van der Waals surface area contributed by atoms with E-state index in [1.54, 1.807) is 0 Å². The van der Waals surface area contributed by atoms with Gasteiger partial charge in [-0.3, -0.25) is 15.0 Å². The number of carbonyl (C=O) groups excluding carboxylic acids is 1. The average molecular weight is 834 g/mol. The van der Waals surface area contributed by atoms with Gasteiger partial charge in [-0.2, -0.15) is 0 Å². The van der Waals surface area contributed by atoms with Crippen LogP contribution in [-0.2, 0) is 27.9 Å². The van der Waals surface area contributed by atoms with E-state index in [1.165, 1.54) is 11.3 Å². The summed E-state index contributed by atoms with van der Waals surface area (Å²) < 4.78 is 19.0. The van der Waals surface area contributed by atoms with E-state index in [4.69, 9.17) is 19.2 Å². The number of carboxylic acids is 1. The van der Waals surface area contributed by atoms with Crippen LogP contribution in [0.1, 0.15) is 103 Å². The van der Waals surface area contributed by atoms with Gasteiger partial charge in [-0.1, -0.05) is 68.5 Å². The first-order valence-electron chi connectivity index (χ1n) is 21.4. The number of carboxylic acid groups (broad SMARTS) is 1. The van der Waals surface area contributed by atoms with E-state index in [0.29, 0.717) is 67.3 Å². The Balaban J connectivity index is 1.06. The molecule has 2 aromatic heterocycles. The SMILES string of the molecule is CCOC(CN1CCC(CCCOc2cccc(-c3c(C(C)(C)C)cc(N4CCc5cccc(C(=O)Nc6nc7ccccc7s6)c5C4)nc3C(=O)O)c2C)CC1)OCC. The van der Waals surface area contributed by atoms with E-state index < -0.39 is 11.4 Å². The highest BCUT2D eigenvalue weighted by Crippen LogP contribution is 2.41. The summed E-state index contributed by atoms with van der Waals surface area (Å²) in [4.78, 5) is 41.0. The van der Waals surface area contributed by atoms with Crippen LogP contribution >= 0.6 is 11.3 Å². The molecule has 0 saturated carbocycles. The molecule has 0 spiro atoms. The first kappa shape index (κ1) is 43.2. The number of hydrogen-bond acceptors (Lipinski definition) is 10. The number of fused-ring (bicyclic) bond motifs is 2. The van der Waals surface area contributed by atoms with Gasteiger partial charge in [0.15, 0.2) is 17.1 Å². The van der Waals surface area contributed by atoms with Crippen molar-refractivity contribution in [3.05, 3.63) is 100 Å². The van der Waals surface area contributed by atoms with Crippen LogP contribution in [0.4, 0.5) is 10.9 Å². The molecule has 60 heavy (non-hydrogen) atoms. The quantitative estimate of drug-likeness (QED) is 0.0733. The summed E-state index contributed by atoms with van der Waals surface area (Å²) >= 11 is 1.44. The van der Waals surface area contributed by atoms with Crippen molar-refractivity contribution in [3.8, 4) is 16.9 Å². The van der Waals surface area contributed by atoms with Crippen molar-refractivity contribution in [2.45, 2.75) is 91.9 Å². The minimum absolute atomic E-state index is 0.00510. The lowest BCUT2D eigenvalue weighted by atomic mass is 9.80. The van der Waals surface area contributed by atoms with Crippen molar-refractivity contribution in [3.63, 3.8) is 0 Å². The largest absolute Gasteiger partial charge is 0.493 e. The Morgan fingerprint density at radius 1 is 0.967 bits per heavy atom. The van der Waals surface area contributed by atoms with E-state index in [1.807, 2.05) is 81.4 Å². The van der Waals surface area contributed by atoms with Crippen LogP contribution in [0, 0.1) is 12.8 Å². The van der Waals surface area contributed by atoms with Crippen molar-refractivity contribution >= 4 is 44.4 Å². The number of aromatic carboxylic acids is 1. The minimum Gasteiger partial charge on any atom is -0.493 e. The second kappa shape index (κ2) is 19.2. The number of likely N-dealkylation sites (tertiary alicyclic amines) is 1. The zero-order valence-corrected chi connectivity index (χ0v) is 36.7. The monoisotopic (exact) mass is 833 g/mol. The van der Waals surface area contributed by atoms with Crippen LogP contribution in [-0.4, -0.2) is 84.1 Å². The molecule has 0 unspecified atom stereocenters. The van der Waals surface area contributed by atoms with Crippen LogP contribution in [0.5, 0.6) is 5.75 Å². The van der Waals surface area contributed by atoms with Gasteiger partial charge in [0.1, 0.15) is 11.6 Å². The fourth-order valence-corrected chi connectivity index (χ4v) is 9.44. The fraction of sp³-hybridized carbons (Fsp3) is 0.458. The highest BCUT2D eigenvalue weighted by molar-refractivity contribution is 7.22. The predicted octanol–water partition coefficient (Wildman–Crippen LogP) is 9.75. The number of carbonyl (C=O) groups is 2. The summed E-state index contributed by atoms with van der Waals surface area (Å²) in [6.07, 6.45) is 4.89. The zero-order chi connectivity index (χ0) is 42.4. The molecule has 318 valence electrons. The molecular weight excluding hydrogens is 775 g/mol. The second-order valence-corrected chi connectivity index (χ2v) is 17.9. The van der Waals surface area contributed by atoms with Crippen molar-refractivity contribution in [2.24, 2.45) is 5.92 Å². The second-order valence-electron chi connectivity index (χ2n) is 16.9. The number of nitrogens with zero attached hydrogens (tertiary/aromatic N) is 4. The summed E-state index contributed by atoms with van der Waals surface area (Å²) in [6.45, 7) is 18.2. The maximum Gasteiger partial charge on any atom is 0.355 e. The molecule has 1 saturated heterocycles. The number of anilines is 2. The number of hydrogen-bond donors (Lipinski definition) is 2. The molecule has 2 aliphatic rings. The number of para-hydroxylation sites is 1. The van der Waals surface area contributed by atoms with Crippen molar-refractivity contribution < 1.29 is 28.9 Å². The summed E-state index contributed by atoms with van der Waals surface area (Å²) in [5.74, 6) is 0.681. The molecule has 0 radical (unpaired) electrons. The standard InChI is InChI=1S/C48H59N5O6S/c1-7-57-42(58-8-2)30-52-24-21-32(22-25-52)14-13-27-59-39-19-12-16-34(31(39)3)43-37(48(4,5)6)28-41(50-44(43)46(55)56)53-26-23-33-15-11-17-35(36(33)29-53)45(54)51-47-49-38-18-9-10-20-40(38)60-47/h9-12,15-20,28,32,42H,7-8,13-14,21-27,29-30H2,1-6H3,(H,55,56)(H,49,51,54). The number of nitrogens with one attached hydrogen (secondary N) is 1. The Kier molecular flexibility index (Phi) is 13.8. The third-order valence-electron chi connectivity index (χ3n) is 11.8. The highest BCUT2D eigenvalue weighted by atomic mass is 32.1. The Hall–Kier alpha value is -4.88. The van der Waals surface area contributed by atoms with Crippen molar-refractivity contribution in [1.82, 2.24) is 14.9 Å². The van der Waals surface area contributed by atoms with E-state index in [-0.39, 0.29) is 17.9 Å². The molecule has 0 aliphatic carbocycles. The van der Waals surface area contributed by atoms with Gasteiger partial charge >= 0.3 is 5.97 Å². The first-order chi connectivity index (χ1) is 28.9. The van der Waals surface area contributed by atoms with Gasteiger partial charge < -0.3 is 24.2 Å². The van der Waals surface area contributed by atoms with Gasteiger partial charge in [0.25, 0.3) is 5.91 Å². The third kappa shape index (κ3) is 10.0. The van der Waals surface area contributed by atoms with Crippen molar-refractivity contribution in [1.29, 1.82) is 0 Å². The van der Waals surface area contributed by atoms with Crippen LogP contribution < -0.4 is 15.0 Å². The summed E-state index contributed by atoms with van der Waals surface area (Å²) in [5, 5.41) is 14.4. The molecule has 12 heteroatoms. The van der Waals surface area contributed by atoms with Crippen LogP contribution in [0.3, 0.4) is 0 Å². The van der Waals surface area contributed by atoms with Crippen LogP contribution in [0.15, 0.2) is 66.7 Å². The zero-order valence-electron chi connectivity index (χ0n) is 35.9. The Bertz CT molecular complexity index is 2260. The molecule has 2 aliphatic heterocycles. The molecule has 0 atom stereocenters. The molecule has 3 aromatic carbocycles. The molecule has 4 heterocycles. The lowest BCUT2D eigenvalue weighted by Crippen LogP contribution is -2.40. The number of thiazole rings is 1. The molecule has 2 N–H and O–H groups in total. The van der Waals surface area contributed by atoms with E-state index >= 15 is 0 Å². The number of aromatic nitrogens is 2. The van der Waals surface area contributed by atoms with Gasteiger partial charge in [0.05, 0.1) is 16.8 Å². The van der Waals surface area contributed by atoms with Crippen LogP contribution in [0.25, 0.3) is 21.3 Å². The van der Waals surface area contributed by atoms with Gasteiger partial charge in [0.2, 0.25) is 0 Å². The maximum atomic E-state index is 13.8. The van der Waals surface area contributed by atoms with E-state index in [2.05, 4.69) is 46.9 Å². The van der Waals surface area contributed by atoms with Gasteiger partial charge in [-0.25, -0.2) is 14.8 Å². The minimum atomic E-state index is -1.09. The average Bonchev–Trinajstić information content (AvgIpc) is 3.65. The molecular formula is C48H59N5O6S. The number of rotatable bonds is 16.